The van der Waals surface area contributed by atoms with E-state index in [1.165, 1.54) is 12.3 Å². The Bertz CT molecular complexity index is 256. The molecule has 3 nitrogen and oxygen atoms in total. The molecular weight excluding hydrogens is 156 g/mol. The van der Waals surface area contributed by atoms with Crippen LogP contribution in [0.5, 0.6) is 0 Å². The van der Waals surface area contributed by atoms with Gasteiger partial charge in [0.2, 0.25) is 0 Å². The fourth-order valence-electron chi connectivity index (χ4n) is 0.641. The van der Waals surface area contributed by atoms with Crippen LogP contribution in [0.2, 0.25) is 0 Å². The van der Waals surface area contributed by atoms with Crippen molar-refractivity contribution in [2.24, 2.45) is 0 Å². The third-order valence-electron chi connectivity index (χ3n) is 1.20. The van der Waals surface area contributed by atoms with Crippen LogP contribution in [-0.4, -0.2) is 16.1 Å². The molecule has 0 fully saturated rings. The largest absolute Gasteiger partial charge is 0.476 e. The highest BCUT2D eigenvalue weighted by atomic mass is 19.3. The molecule has 0 spiro atoms. The first-order valence-electron chi connectivity index (χ1n) is 2.80. The molecule has 0 radical (unpaired) electrons. The second-order valence-electron chi connectivity index (χ2n) is 1.96. The van der Waals surface area contributed by atoms with Gasteiger partial charge in [-0.05, 0) is 12.1 Å². The quantitative estimate of drug-likeness (QED) is 0.684. The van der Waals surface area contributed by atoms with Gasteiger partial charge in [-0.25, -0.2) is 4.79 Å². The molecule has 1 aromatic rings. The zero-order chi connectivity index (χ0) is 8.48. The summed E-state index contributed by atoms with van der Waals surface area (Å²) in [4.78, 5) is 12.1. The van der Waals surface area contributed by atoms with Crippen molar-refractivity contribution in [3.05, 3.63) is 24.0 Å². The van der Waals surface area contributed by atoms with Crippen molar-refractivity contribution >= 4 is 5.97 Å². The first-order chi connectivity index (χ1) is 5.05. The van der Waals surface area contributed by atoms with E-state index in [4.69, 9.17) is 5.11 Å². The Kier molecular flexibility index (Phi) is 1.64. The first-order valence-corrected chi connectivity index (χ1v) is 2.80. The van der Waals surface area contributed by atoms with Gasteiger partial charge in [-0.2, -0.15) is 8.78 Å². The lowest BCUT2D eigenvalue weighted by Gasteiger charge is -2.07. The first kappa shape index (κ1) is 7.71. The van der Waals surface area contributed by atoms with Crippen molar-refractivity contribution in [1.82, 2.24) is 4.98 Å². The van der Waals surface area contributed by atoms with Crippen LogP contribution in [0.1, 0.15) is 5.69 Å². The number of carbonyl (C=O) groups is 1. The van der Waals surface area contributed by atoms with Crippen LogP contribution in [0.25, 0.3) is 0 Å². The molecule has 5 heteroatoms. The van der Waals surface area contributed by atoms with Crippen molar-refractivity contribution in [3.63, 3.8) is 0 Å². The average Bonchev–Trinajstić information content (AvgIpc) is 2.37. The molecule has 0 atom stereocenters. The van der Waals surface area contributed by atoms with E-state index < -0.39 is 17.6 Å². The van der Waals surface area contributed by atoms with Crippen molar-refractivity contribution in [2.45, 2.75) is 5.92 Å². The Balaban J connectivity index is 3.00. The monoisotopic (exact) mass is 161 g/mol. The summed E-state index contributed by atoms with van der Waals surface area (Å²) in [7, 11) is 0. The molecule has 0 bridgehead atoms. The molecule has 0 aromatic carbocycles. The smallest absolute Gasteiger partial charge is 0.382 e. The summed E-state index contributed by atoms with van der Waals surface area (Å²) in [5.74, 6) is -5.97. The van der Waals surface area contributed by atoms with Crippen LogP contribution in [-0.2, 0) is 10.7 Å². The van der Waals surface area contributed by atoms with E-state index in [0.29, 0.717) is 0 Å². The highest BCUT2D eigenvalue weighted by Crippen LogP contribution is 2.25. The van der Waals surface area contributed by atoms with Gasteiger partial charge in [-0.15, -0.1) is 0 Å². The SMILES string of the molecule is O=C(O)C(F)(F)c1ccc[nH]1. The van der Waals surface area contributed by atoms with E-state index in [1.807, 2.05) is 0 Å². The molecule has 0 unspecified atom stereocenters. The maximum Gasteiger partial charge on any atom is 0.382 e. The van der Waals surface area contributed by atoms with E-state index in [2.05, 4.69) is 4.98 Å². The Morgan fingerprint density at radius 1 is 1.64 bits per heavy atom. The third-order valence-corrected chi connectivity index (χ3v) is 1.20. The second-order valence-corrected chi connectivity index (χ2v) is 1.96. The molecule has 1 heterocycles. The number of aromatic nitrogens is 1. The maximum atomic E-state index is 12.5. The summed E-state index contributed by atoms with van der Waals surface area (Å²) in [6.45, 7) is 0. The lowest BCUT2D eigenvalue weighted by atomic mass is 10.2. The van der Waals surface area contributed by atoms with E-state index in [9.17, 15) is 13.6 Å². The second kappa shape index (κ2) is 2.34. The van der Waals surface area contributed by atoms with Gasteiger partial charge in [0.05, 0.1) is 5.69 Å². The van der Waals surface area contributed by atoms with Gasteiger partial charge < -0.3 is 10.1 Å². The van der Waals surface area contributed by atoms with Crippen LogP contribution in [0.15, 0.2) is 18.3 Å². The van der Waals surface area contributed by atoms with Crippen LogP contribution in [0, 0.1) is 0 Å². The van der Waals surface area contributed by atoms with Crippen LogP contribution in [0.3, 0.4) is 0 Å². The van der Waals surface area contributed by atoms with Gasteiger partial charge in [0, 0.05) is 6.20 Å². The lowest BCUT2D eigenvalue weighted by Crippen LogP contribution is -2.25. The highest BCUT2D eigenvalue weighted by molar-refractivity contribution is 5.76. The van der Waals surface area contributed by atoms with E-state index >= 15 is 0 Å². The summed E-state index contributed by atoms with van der Waals surface area (Å²) in [5, 5.41) is 8.04. The molecule has 0 aliphatic heterocycles. The summed E-state index contributed by atoms with van der Waals surface area (Å²) < 4.78 is 25.0. The Morgan fingerprint density at radius 3 is 2.64 bits per heavy atom. The van der Waals surface area contributed by atoms with Gasteiger partial charge >= 0.3 is 11.9 Å². The molecule has 0 aliphatic rings. The lowest BCUT2D eigenvalue weighted by molar-refractivity contribution is -0.166. The molecule has 0 aliphatic carbocycles. The normalized spacial score (nSPS) is 11.5. The molecule has 1 aromatic heterocycles. The zero-order valence-electron chi connectivity index (χ0n) is 5.34. The summed E-state index contributed by atoms with van der Waals surface area (Å²) in [6, 6.07) is 2.33. The molecular formula is C6H5F2NO2. The summed E-state index contributed by atoms with van der Waals surface area (Å²) in [6.07, 6.45) is 1.24. The minimum atomic E-state index is -3.82. The highest BCUT2D eigenvalue weighted by Gasteiger charge is 2.41. The molecule has 0 saturated heterocycles. The van der Waals surface area contributed by atoms with Gasteiger partial charge in [-0.3, -0.25) is 0 Å². The fourth-order valence-corrected chi connectivity index (χ4v) is 0.641. The Labute approximate surface area is 60.7 Å². The summed E-state index contributed by atoms with van der Waals surface area (Å²) >= 11 is 0. The van der Waals surface area contributed by atoms with Crippen molar-refractivity contribution in [3.8, 4) is 0 Å². The molecule has 2 N–H and O–H groups in total. The van der Waals surface area contributed by atoms with Crippen LogP contribution < -0.4 is 0 Å². The van der Waals surface area contributed by atoms with Crippen molar-refractivity contribution in [2.75, 3.05) is 0 Å². The third kappa shape index (κ3) is 1.21. The zero-order valence-corrected chi connectivity index (χ0v) is 5.34. The van der Waals surface area contributed by atoms with Gasteiger partial charge in [-0.1, -0.05) is 0 Å². The number of carboxylic acid groups (broad SMARTS) is 1. The van der Waals surface area contributed by atoms with Gasteiger partial charge in [0.25, 0.3) is 0 Å². The number of alkyl halides is 2. The van der Waals surface area contributed by atoms with E-state index in [1.54, 1.807) is 0 Å². The number of halogens is 2. The van der Waals surface area contributed by atoms with Crippen molar-refractivity contribution < 1.29 is 18.7 Å². The minimum Gasteiger partial charge on any atom is -0.476 e. The number of rotatable bonds is 2. The van der Waals surface area contributed by atoms with Crippen molar-refractivity contribution in [1.29, 1.82) is 0 Å². The number of aliphatic carboxylic acids is 1. The predicted molar refractivity (Wildman–Crippen MR) is 32.3 cm³/mol. The van der Waals surface area contributed by atoms with Crippen LogP contribution in [0.4, 0.5) is 8.78 Å². The average molecular weight is 161 g/mol. The Hall–Kier alpha value is -1.39. The topological polar surface area (TPSA) is 53.1 Å². The summed E-state index contributed by atoms with van der Waals surface area (Å²) in [5.41, 5.74) is -0.606. The van der Waals surface area contributed by atoms with Gasteiger partial charge in [0.15, 0.2) is 0 Å². The van der Waals surface area contributed by atoms with Gasteiger partial charge in [0.1, 0.15) is 0 Å². The predicted octanol–water partition coefficient (Wildman–Crippen LogP) is 1.19. The Morgan fingerprint density at radius 2 is 2.27 bits per heavy atom. The minimum absolute atomic E-state index is 0.606. The standard InChI is InChI=1S/C6H5F2NO2/c7-6(8,5(10)11)4-2-1-3-9-4/h1-3,9H,(H,10,11). The number of nitrogens with one attached hydrogen (secondary N) is 1. The fraction of sp³-hybridized carbons (Fsp3) is 0.167. The van der Waals surface area contributed by atoms with E-state index in [-0.39, 0.29) is 0 Å². The molecule has 0 saturated carbocycles. The maximum absolute atomic E-state index is 12.5. The number of H-pyrrole nitrogens is 1. The van der Waals surface area contributed by atoms with Crippen LogP contribution >= 0.6 is 0 Å². The number of aromatic amines is 1. The molecule has 0 amide bonds. The molecule has 11 heavy (non-hydrogen) atoms. The number of carboxylic acids is 1. The molecule has 60 valence electrons. The molecule has 1 rings (SSSR count). The number of hydrogen-bond donors (Lipinski definition) is 2. The number of hydrogen-bond acceptors (Lipinski definition) is 1. The van der Waals surface area contributed by atoms with E-state index in [0.717, 1.165) is 6.07 Å².